The van der Waals surface area contributed by atoms with Crippen LogP contribution in [0.3, 0.4) is 0 Å². The van der Waals surface area contributed by atoms with Gasteiger partial charge in [0.1, 0.15) is 0 Å². The molecule has 1 aliphatic carbocycles. The van der Waals surface area contributed by atoms with Gasteiger partial charge in [-0.25, -0.2) is 0 Å². The molecule has 1 aromatic carbocycles. The molecule has 0 heterocycles. The van der Waals surface area contributed by atoms with E-state index < -0.39 is 11.0 Å². The Hall–Kier alpha value is -2.11. The number of nitro benzene ring substituents is 1. The van der Waals surface area contributed by atoms with Gasteiger partial charge in [0.05, 0.1) is 4.92 Å². The fourth-order valence-electron chi connectivity index (χ4n) is 2.34. The Kier molecular flexibility index (Phi) is 4.55. The highest BCUT2D eigenvalue weighted by Gasteiger charge is 2.23. The molecule has 0 radical (unpaired) electrons. The summed E-state index contributed by atoms with van der Waals surface area (Å²) < 4.78 is 5.43. The van der Waals surface area contributed by atoms with E-state index in [9.17, 15) is 14.9 Å². The number of nitro groups is 1. The van der Waals surface area contributed by atoms with Crippen molar-refractivity contribution in [2.45, 2.75) is 44.8 Å². The van der Waals surface area contributed by atoms with E-state index in [1.54, 1.807) is 19.1 Å². The summed E-state index contributed by atoms with van der Waals surface area (Å²) in [6.45, 7) is 1.60. The molecule has 1 fully saturated rings. The third-order valence-electron chi connectivity index (χ3n) is 3.44. The molecule has 108 valence electrons. The maximum Gasteiger partial charge on any atom is 0.310 e. The van der Waals surface area contributed by atoms with Crippen LogP contribution in [0.1, 0.15) is 32.6 Å². The monoisotopic (exact) mass is 278 g/mol. The second-order valence-electron chi connectivity index (χ2n) is 4.97. The normalized spacial score (nSPS) is 16.6. The Morgan fingerprint density at radius 2 is 2.05 bits per heavy atom. The highest BCUT2D eigenvalue weighted by molar-refractivity contribution is 5.81. The fourth-order valence-corrected chi connectivity index (χ4v) is 2.34. The lowest BCUT2D eigenvalue weighted by molar-refractivity contribution is -0.386. The summed E-state index contributed by atoms with van der Waals surface area (Å²) >= 11 is 0. The van der Waals surface area contributed by atoms with Crippen molar-refractivity contribution in [2.24, 2.45) is 0 Å². The zero-order valence-electron chi connectivity index (χ0n) is 11.4. The first-order valence-corrected chi connectivity index (χ1v) is 6.78. The van der Waals surface area contributed by atoms with E-state index in [4.69, 9.17) is 4.74 Å². The minimum Gasteiger partial charge on any atom is -0.474 e. The van der Waals surface area contributed by atoms with Gasteiger partial charge in [-0.3, -0.25) is 14.9 Å². The van der Waals surface area contributed by atoms with Crippen molar-refractivity contribution in [1.29, 1.82) is 0 Å². The Morgan fingerprint density at radius 3 is 2.70 bits per heavy atom. The quantitative estimate of drug-likeness (QED) is 0.662. The molecule has 0 aliphatic heterocycles. The molecular weight excluding hydrogens is 260 g/mol. The number of ether oxygens (including phenoxy) is 1. The van der Waals surface area contributed by atoms with E-state index in [1.165, 1.54) is 12.1 Å². The van der Waals surface area contributed by atoms with E-state index in [1.807, 2.05) is 0 Å². The van der Waals surface area contributed by atoms with Crippen LogP contribution in [0.25, 0.3) is 0 Å². The molecule has 0 saturated heterocycles. The fraction of sp³-hybridized carbons (Fsp3) is 0.500. The molecule has 0 bridgehead atoms. The van der Waals surface area contributed by atoms with Crippen LogP contribution in [-0.4, -0.2) is 23.0 Å². The van der Waals surface area contributed by atoms with Gasteiger partial charge in [0.2, 0.25) is 0 Å². The third-order valence-corrected chi connectivity index (χ3v) is 3.44. The lowest BCUT2D eigenvalue weighted by Crippen LogP contribution is -2.41. The molecule has 1 aromatic rings. The SMILES string of the molecule is C[C@H](Oc1ccccc1[N+](=O)[O-])C(=O)NC1CCCC1. The highest BCUT2D eigenvalue weighted by Crippen LogP contribution is 2.27. The van der Waals surface area contributed by atoms with Gasteiger partial charge in [0, 0.05) is 12.1 Å². The molecule has 0 aromatic heterocycles. The Balaban J connectivity index is 1.98. The van der Waals surface area contributed by atoms with Gasteiger partial charge >= 0.3 is 5.69 Å². The van der Waals surface area contributed by atoms with Gasteiger partial charge in [-0.1, -0.05) is 25.0 Å². The molecule has 6 nitrogen and oxygen atoms in total. The van der Waals surface area contributed by atoms with Crippen LogP contribution in [0, 0.1) is 10.1 Å². The predicted molar refractivity (Wildman–Crippen MR) is 73.6 cm³/mol. The Morgan fingerprint density at radius 1 is 1.40 bits per heavy atom. The van der Waals surface area contributed by atoms with Crippen molar-refractivity contribution in [1.82, 2.24) is 5.32 Å². The van der Waals surface area contributed by atoms with E-state index in [-0.39, 0.29) is 23.4 Å². The molecule has 0 spiro atoms. The van der Waals surface area contributed by atoms with Crippen LogP contribution in [0.15, 0.2) is 24.3 Å². The van der Waals surface area contributed by atoms with Crippen molar-refractivity contribution in [3.05, 3.63) is 34.4 Å². The van der Waals surface area contributed by atoms with E-state index in [0.29, 0.717) is 0 Å². The summed E-state index contributed by atoms with van der Waals surface area (Å²) in [5.74, 6) is -0.110. The maximum atomic E-state index is 12.0. The van der Waals surface area contributed by atoms with Crippen LogP contribution in [0.2, 0.25) is 0 Å². The summed E-state index contributed by atoms with van der Waals surface area (Å²) in [4.78, 5) is 22.3. The average molecular weight is 278 g/mol. The lowest BCUT2D eigenvalue weighted by Gasteiger charge is -2.17. The van der Waals surface area contributed by atoms with Gasteiger partial charge in [-0.2, -0.15) is 0 Å². The van der Waals surface area contributed by atoms with Gasteiger partial charge in [-0.05, 0) is 25.8 Å². The standard InChI is InChI=1S/C14H18N2O4/c1-10(14(17)15-11-6-2-3-7-11)20-13-9-5-4-8-12(13)16(18)19/h4-5,8-11H,2-3,6-7H2,1H3,(H,15,17)/t10-/m0/s1. The molecule has 1 aliphatic rings. The smallest absolute Gasteiger partial charge is 0.310 e. The van der Waals surface area contributed by atoms with Crippen LogP contribution < -0.4 is 10.1 Å². The molecule has 0 unspecified atom stereocenters. The van der Waals surface area contributed by atoms with Crippen molar-refractivity contribution < 1.29 is 14.5 Å². The number of carbonyl (C=O) groups is 1. The number of nitrogens with zero attached hydrogens (tertiary/aromatic N) is 1. The van der Waals surface area contributed by atoms with Gasteiger partial charge in [-0.15, -0.1) is 0 Å². The average Bonchev–Trinajstić information content (AvgIpc) is 2.91. The highest BCUT2D eigenvalue weighted by atomic mass is 16.6. The van der Waals surface area contributed by atoms with Gasteiger partial charge in [0.25, 0.3) is 5.91 Å². The maximum absolute atomic E-state index is 12.0. The number of amides is 1. The Labute approximate surface area is 117 Å². The number of para-hydroxylation sites is 2. The second kappa shape index (κ2) is 6.36. The van der Waals surface area contributed by atoms with E-state index >= 15 is 0 Å². The number of carbonyl (C=O) groups excluding carboxylic acids is 1. The summed E-state index contributed by atoms with van der Waals surface area (Å²) in [6.07, 6.45) is 3.49. The van der Waals surface area contributed by atoms with Crippen LogP contribution >= 0.6 is 0 Å². The first-order valence-electron chi connectivity index (χ1n) is 6.78. The van der Waals surface area contributed by atoms with Gasteiger partial charge in [0.15, 0.2) is 11.9 Å². The first kappa shape index (κ1) is 14.3. The lowest BCUT2D eigenvalue weighted by atomic mass is 10.2. The van der Waals surface area contributed by atoms with Crippen LogP contribution in [0.4, 0.5) is 5.69 Å². The first-order chi connectivity index (χ1) is 9.58. The molecule has 1 atom stereocenters. The van der Waals surface area contributed by atoms with Crippen molar-refractivity contribution in [3.63, 3.8) is 0 Å². The molecule has 6 heteroatoms. The molecule has 2 rings (SSSR count). The summed E-state index contributed by atoms with van der Waals surface area (Å²) in [7, 11) is 0. The molecular formula is C14H18N2O4. The topological polar surface area (TPSA) is 81.5 Å². The zero-order chi connectivity index (χ0) is 14.5. The summed E-state index contributed by atoms with van der Waals surface area (Å²) in [5.41, 5.74) is -0.131. The number of hydrogen-bond acceptors (Lipinski definition) is 4. The largest absolute Gasteiger partial charge is 0.474 e. The minimum atomic E-state index is -0.753. The summed E-state index contributed by atoms with van der Waals surface area (Å²) in [5, 5.41) is 13.8. The van der Waals surface area contributed by atoms with Crippen molar-refractivity contribution in [2.75, 3.05) is 0 Å². The van der Waals surface area contributed by atoms with Gasteiger partial charge < -0.3 is 10.1 Å². The van der Waals surface area contributed by atoms with Crippen molar-refractivity contribution >= 4 is 11.6 Å². The molecule has 1 saturated carbocycles. The Bertz CT molecular complexity index is 498. The van der Waals surface area contributed by atoms with E-state index in [0.717, 1.165) is 25.7 Å². The number of rotatable bonds is 5. The van der Waals surface area contributed by atoms with E-state index in [2.05, 4.69) is 5.32 Å². The second-order valence-corrected chi connectivity index (χ2v) is 4.97. The zero-order valence-corrected chi connectivity index (χ0v) is 11.4. The number of nitrogens with one attached hydrogen (secondary N) is 1. The van der Waals surface area contributed by atoms with Crippen LogP contribution in [0.5, 0.6) is 5.75 Å². The molecule has 20 heavy (non-hydrogen) atoms. The minimum absolute atomic E-state index is 0.117. The number of benzene rings is 1. The number of hydrogen-bond donors (Lipinski definition) is 1. The molecule has 1 N–H and O–H groups in total. The van der Waals surface area contributed by atoms with Crippen molar-refractivity contribution in [3.8, 4) is 5.75 Å². The predicted octanol–water partition coefficient (Wildman–Crippen LogP) is 2.42. The molecule has 1 amide bonds. The van der Waals surface area contributed by atoms with Crippen LogP contribution in [-0.2, 0) is 4.79 Å². The summed E-state index contributed by atoms with van der Waals surface area (Å²) in [6, 6.07) is 6.27. The third kappa shape index (κ3) is 3.46.